The third kappa shape index (κ3) is 2.11. The second-order valence-corrected chi connectivity index (χ2v) is 3.15. The molecule has 0 aliphatic heterocycles. The molecule has 3 nitrogen and oxygen atoms in total. The van der Waals surface area contributed by atoms with E-state index in [1.54, 1.807) is 6.92 Å². The number of hydrogen-bond acceptors (Lipinski definition) is 3. The fourth-order valence-electron chi connectivity index (χ4n) is 0.868. The van der Waals surface area contributed by atoms with Crippen molar-refractivity contribution in [2.45, 2.75) is 6.92 Å². The van der Waals surface area contributed by atoms with Crippen molar-refractivity contribution in [3.63, 3.8) is 0 Å². The highest BCUT2D eigenvalue weighted by atomic mass is 35.5. The molecule has 13 heavy (non-hydrogen) atoms. The van der Waals surface area contributed by atoms with E-state index in [0.29, 0.717) is 11.3 Å². The molecular formula is C8H7Cl2NO2. The van der Waals surface area contributed by atoms with Crippen LogP contribution in [0, 0.1) is 6.92 Å². The van der Waals surface area contributed by atoms with Gasteiger partial charge in [0.15, 0.2) is 0 Å². The van der Waals surface area contributed by atoms with Gasteiger partial charge < -0.3 is 4.74 Å². The summed E-state index contributed by atoms with van der Waals surface area (Å²) in [4.78, 5) is 15.0. The monoisotopic (exact) mass is 219 g/mol. The Bertz CT molecular complexity index is 352. The van der Waals surface area contributed by atoms with Gasteiger partial charge in [-0.1, -0.05) is 23.2 Å². The molecule has 1 aromatic heterocycles. The standard InChI is InChI=1S/C8H7Cl2NO2/c1-4-5(8(12)13-2)3-6(9)7(10)11-4/h3H,1-2H3. The number of aromatic nitrogens is 1. The Hall–Kier alpha value is -0.800. The van der Waals surface area contributed by atoms with Gasteiger partial charge in [-0.05, 0) is 13.0 Å². The van der Waals surface area contributed by atoms with Gasteiger partial charge in [0.25, 0.3) is 0 Å². The van der Waals surface area contributed by atoms with Crippen LogP contribution in [-0.2, 0) is 4.74 Å². The van der Waals surface area contributed by atoms with Gasteiger partial charge in [0.2, 0.25) is 0 Å². The number of carbonyl (C=O) groups is 1. The molecular weight excluding hydrogens is 213 g/mol. The quantitative estimate of drug-likeness (QED) is 0.539. The number of methoxy groups -OCH3 is 1. The van der Waals surface area contributed by atoms with Gasteiger partial charge in [0.1, 0.15) is 5.15 Å². The number of pyridine rings is 1. The second kappa shape index (κ2) is 3.94. The van der Waals surface area contributed by atoms with E-state index in [9.17, 15) is 4.79 Å². The van der Waals surface area contributed by atoms with Crippen molar-refractivity contribution in [1.29, 1.82) is 0 Å². The third-order valence-electron chi connectivity index (χ3n) is 1.53. The molecule has 0 fully saturated rings. The zero-order chi connectivity index (χ0) is 10.0. The topological polar surface area (TPSA) is 39.2 Å². The fraction of sp³-hybridized carbons (Fsp3) is 0.250. The zero-order valence-electron chi connectivity index (χ0n) is 7.10. The number of rotatable bonds is 1. The summed E-state index contributed by atoms with van der Waals surface area (Å²) in [5, 5.41) is 0.430. The maximum Gasteiger partial charge on any atom is 0.339 e. The maximum absolute atomic E-state index is 11.1. The minimum Gasteiger partial charge on any atom is -0.465 e. The lowest BCUT2D eigenvalue weighted by atomic mass is 10.2. The van der Waals surface area contributed by atoms with Gasteiger partial charge in [-0.2, -0.15) is 0 Å². The highest BCUT2D eigenvalue weighted by Gasteiger charge is 2.12. The second-order valence-electron chi connectivity index (χ2n) is 2.39. The lowest BCUT2D eigenvalue weighted by molar-refractivity contribution is 0.0599. The Morgan fingerprint density at radius 1 is 1.54 bits per heavy atom. The Morgan fingerprint density at radius 3 is 2.69 bits per heavy atom. The molecule has 0 spiro atoms. The molecule has 70 valence electrons. The van der Waals surface area contributed by atoms with Gasteiger partial charge in [-0.3, -0.25) is 0 Å². The van der Waals surface area contributed by atoms with Gasteiger partial charge >= 0.3 is 5.97 Å². The van der Waals surface area contributed by atoms with Crippen molar-refractivity contribution in [2.75, 3.05) is 7.11 Å². The molecule has 5 heteroatoms. The predicted octanol–water partition coefficient (Wildman–Crippen LogP) is 2.48. The van der Waals surface area contributed by atoms with Crippen molar-refractivity contribution >= 4 is 29.2 Å². The number of halogens is 2. The molecule has 0 saturated heterocycles. The van der Waals surface area contributed by atoms with Gasteiger partial charge in [-0.15, -0.1) is 0 Å². The van der Waals surface area contributed by atoms with Crippen LogP contribution in [-0.4, -0.2) is 18.1 Å². The summed E-state index contributed by atoms with van der Waals surface area (Å²) in [7, 11) is 1.30. The minimum atomic E-state index is -0.469. The van der Waals surface area contributed by atoms with Crippen molar-refractivity contribution in [1.82, 2.24) is 4.98 Å². The van der Waals surface area contributed by atoms with E-state index in [2.05, 4.69) is 9.72 Å². The molecule has 0 radical (unpaired) electrons. The number of hydrogen-bond donors (Lipinski definition) is 0. The third-order valence-corrected chi connectivity index (χ3v) is 2.20. The zero-order valence-corrected chi connectivity index (χ0v) is 8.61. The molecule has 0 aliphatic carbocycles. The Labute approximate surface area is 85.6 Å². The Kier molecular flexibility index (Phi) is 3.12. The molecule has 1 heterocycles. The van der Waals surface area contributed by atoms with Crippen LogP contribution in [0.25, 0.3) is 0 Å². The van der Waals surface area contributed by atoms with Gasteiger partial charge in [0.05, 0.1) is 23.4 Å². The van der Waals surface area contributed by atoms with Crippen molar-refractivity contribution in [3.05, 3.63) is 27.5 Å². The molecule has 0 aromatic carbocycles. The largest absolute Gasteiger partial charge is 0.465 e. The highest BCUT2D eigenvalue weighted by molar-refractivity contribution is 6.41. The van der Waals surface area contributed by atoms with Crippen LogP contribution in [0.15, 0.2) is 6.07 Å². The number of aryl methyl sites for hydroxylation is 1. The summed E-state index contributed by atoms with van der Waals surface area (Å²) >= 11 is 11.3. The molecule has 0 amide bonds. The Morgan fingerprint density at radius 2 is 2.15 bits per heavy atom. The fourth-order valence-corrected chi connectivity index (χ4v) is 1.20. The first-order valence-electron chi connectivity index (χ1n) is 3.47. The van der Waals surface area contributed by atoms with Crippen molar-refractivity contribution < 1.29 is 9.53 Å². The van der Waals surface area contributed by atoms with E-state index in [1.165, 1.54) is 13.2 Å². The highest BCUT2D eigenvalue weighted by Crippen LogP contribution is 2.22. The van der Waals surface area contributed by atoms with Crippen LogP contribution < -0.4 is 0 Å². The van der Waals surface area contributed by atoms with Crippen LogP contribution in [0.2, 0.25) is 10.2 Å². The molecule has 0 N–H and O–H groups in total. The number of esters is 1. The van der Waals surface area contributed by atoms with Crippen LogP contribution in [0.5, 0.6) is 0 Å². The first-order chi connectivity index (χ1) is 6.06. The molecule has 1 aromatic rings. The predicted molar refractivity (Wildman–Crippen MR) is 50.3 cm³/mol. The summed E-state index contributed by atoms with van der Waals surface area (Å²) in [6, 6.07) is 1.44. The summed E-state index contributed by atoms with van der Waals surface area (Å²) < 4.78 is 4.53. The van der Waals surface area contributed by atoms with Crippen LogP contribution in [0.4, 0.5) is 0 Å². The summed E-state index contributed by atoms with van der Waals surface area (Å²) in [5.74, 6) is -0.469. The SMILES string of the molecule is COC(=O)c1cc(Cl)c(Cl)nc1C. The van der Waals surface area contributed by atoms with E-state index >= 15 is 0 Å². The van der Waals surface area contributed by atoms with Crippen LogP contribution in [0.3, 0.4) is 0 Å². The van der Waals surface area contributed by atoms with Crippen molar-refractivity contribution in [3.8, 4) is 0 Å². The van der Waals surface area contributed by atoms with E-state index < -0.39 is 5.97 Å². The Balaban J connectivity index is 3.23. The summed E-state index contributed by atoms with van der Waals surface area (Å²) in [5.41, 5.74) is 0.832. The first kappa shape index (κ1) is 10.3. The number of ether oxygens (including phenoxy) is 1. The average Bonchev–Trinajstić information content (AvgIpc) is 2.10. The van der Waals surface area contributed by atoms with E-state index in [4.69, 9.17) is 23.2 Å². The smallest absolute Gasteiger partial charge is 0.339 e. The number of carbonyl (C=O) groups excluding carboxylic acids is 1. The maximum atomic E-state index is 11.1. The van der Waals surface area contributed by atoms with Gasteiger partial charge in [-0.25, -0.2) is 9.78 Å². The van der Waals surface area contributed by atoms with Gasteiger partial charge in [0, 0.05) is 0 Å². The first-order valence-corrected chi connectivity index (χ1v) is 4.22. The minimum absolute atomic E-state index is 0.187. The molecule has 0 bridgehead atoms. The molecule has 1 rings (SSSR count). The lowest BCUT2D eigenvalue weighted by Crippen LogP contribution is -2.05. The van der Waals surface area contributed by atoms with E-state index in [1.807, 2.05) is 0 Å². The molecule has 0 atom stereocenters. The summed E-state index contributed by atoms with van der Waals surface area (Å²) in [6.07, 6.45) is 0. The molecule has 0 saturated carbocycles. The van der Waals surface area contributed by atoms with E-state index in [0.717, 1.165) is 0 Å². The molecule has 0 unspecified atom stereocenters. The van der Waals surface area contributed by atoms with Crippen LogP contribution >= 0.6 is 23.2 Å². The average molecular weight is 220 g/mol. The number of nitrogens with zero attached hydrogens (tertiary/aromatic N) is 1. The normalized spacial score (nSPS) is 9.85. The van der Waals surface area contributed by atoms with Crippen LogP contribution in [0.1, 0.15) is 16.1 Å². The summed E-state index contributed by atoms with van der Waals surface area (Å²) in [6.45, 7) is 1.66. The van der Waals surface area contributed by atoms with E-state index in [-0.39, 0.29) is 10.2 Å². The molecule has 0 aliphatic rings. The van der Waals surface area contributed by atoms with Crippen molar-refractivity contribution in [2.24, 2.45) is 0 Å². The lowest BCUT2D eigenvalue weighted by Gasteiger charge is -2.04.